The smallest absolute Gasteiger partial charge is 0.304 e. The van der Waals surface area contributed by atoms with Crippen LogP contribution in [0.5, 0.6) is 0 Å². The molecule has 0 fully saturated rings. The molecule has 3 heteroatoms. The molecule has 0 amide bonds. The fourth-order valence-electron chi connectivity index (χ4n) is 1.55. The highest BCUT2D eigenvalue weighted by Crippen LogP contribution is 2.15. The fraction of sp³-hybridized carbons (Fsp3) is 0.889. The summed E-state index contributed by atoms with van der Waals surface area (Å²) in [6.45, 7) is 4.20. The van der Waals surface area contributed by atoms with Crippen LogP contribution >= 0.6 is 0 Å². The van der Waals surface area contributed by atoms with Crippen molar-refractivity contribution in [2.45, 2.75) is 39.2 Å². The molecule has 0 aromatic carbocycles. The molecule has 1 unspecified atom stereocenters. The normalized spacial score (nSPS) is 13.3. The molecule has 0 spiro atoms. The lowest BCUT2D eigenvalue weighted by atomic mass is 9.92. The van der Waals surface area contributed by atoms with E-state index in [1.807, 2.05) is 7.05 Å². The predicted octanol–water partition coefficient (Wildman–Crippen LogP) is 1.49. The number of carbonyl (C=O) groups is 1. The highest BCUT2D eigenvalue weighted by molar-refractivity contribution is 5.67. The third-order valence-corrected chi connectivity index (χ3v) is 2.38. The first-order valence-corrected chi connectivity index (χ1v) is 4.54. The number of carboxylic acid groups (broad SMARTS) is 1. The third kappa shape index (κ3) is 3.72. The molecule has 0 saturated heterocycles. The molecule has 0 saturated carbocycles. The Morgan fingerprint density at radius 3 is 2.17 bits per heavy atom. The summed E-state index contributed by atoms with van der Waals surface area (Å²) in [6, 6.07) is 0.123. The second-order valence-electron chi connectivity index (χ2n) is 3.07. The van der Waals surface area contributed by atoms with Crippen LogP contribution in [0.25, 0.3) is 0 Å². The first kappa shape index (κ1) is 11.4. The van der Waals surface area contributed by atoms with Gasteiger partial charge in [0.1, 0.15) is 0 Å². The van der Waals surface area contributed by atoms with E-state index in [1.54, 1.807) is 0 Å². The van der Waals surface area contributed by atoms with Crippen molar-refractivity contribution in [2.24, 2.45) is 5.92 Å². The van der Waals surface area contributed by atoms with Crippen LogP contribution in [0.15, 0.2) is 0 Å². The van der Waals surface area contributed by atoms with Crippen LogP contribution < -0.4 is 5.32 Å². The van der Waals surface area contributed by atoms with Gasteiger partial charge in [0.2, 0.25) is 0 Å². The lowest BCUT2D eigenvalue weighted by Crippen LogP contribution is -2.35. The van der Waals surface area contributed by atoms with Crippen LogP contribution in [-0.2, 0) is 4.79 Å². The molecule has 0 bridgehead atoms. The molecule has 0 rings (SSSR count). The average molecular weight is 173 g/mol. The molecule has 0 aromatic heterocycles. The third-order valence-electron chi connectivity index (χ3n) is 2.38. The van der Waals surface area contributed by atoms with Gasteiger partial charge in [0.15, 0.2) is 0 Å². The maximum absolute atomic E-state index is 10.5. The molecule has 0 heterocycles. The molecule has 2 N–H and O–H groups in total. The zero-order valence-corrected chi connectivity index (χ0v) is 8.13. The first-order valence-electron chi connectivity index (χ1n) is 4.54. The largest absolute Gasteiger partial charge is 0.481 e. The van der Waals surface area contributed by atoms with Gasteiger partial charge >= 0.3 is 5.97 Å². The van der Waals surface area contributed by atoms with Crippen LogP contribution in [0.2, 0.25) is 0 Å². The van der Waals surface area contributed by atoms with Gasteiger partial charge in [-0.15, -0.1) is 0 Å². The Labute approximate surface area is 74.2 Å². The maximum Gasteiger partial charge on any atom is 0.304 e. The number of nitrogens with one attached hydrogen (secondary N) is 1. The summed E-state index contributed by atoms with van der Waals surface area (Å²) in [5.41, 5.74) is 0. The second kappa shape index (κ2) is 6.00. The zero-order valence-electron chi connectivity index (χ0n) is 8.13. The number of carboxylic acids is 1. The van der Waals surface area contributed by atoms with Gasteiger partial charge < -0.3 is 10.4 Å². The SMILES string of the molecule is CCC(CC)C(CC(=O)O)NC. The van der Waals surface area contributed by atoms with E-state index >= 15 is 0 Å². The minimum atomic E-state index is -0.721. The van der Waals surface area contributed by atoms with Crippen molar-refractivity contribution in [1.82, 2.24) is 5.32 Å². The Hall–Kier alpha value is -0.570. The minimum absolute atomic E-state index is 0.123. The monoisotopic (exact) mass is 173 g/mol. The van der Waals surface area contributed by atoms with Gasteiger partial charge in [0, 0.05) is 6.04 Å². The summed E-state index contributed by atoms with van der Waals surface area (Å²) in [7, 11) is 1.83. The maximum atomic E-state index is 10.5. The zero-order chi connectivity index (χ0) is 9.56. The molecule has 1 atom stereocenters. The Morgan fingerprint density at radius 2 is 1.92 bits per heavy atom. The van der Waals surface area contributed by atoms with Crippen molar-refractivity contribution in [2.75, 3.05) is 7.05 Å². The standard InChI is InChI=1S/C9H19NO2/c1-4-7(5-2)8(10-3)6-9(11)12/h7-8,10H,4-6H2,1-3H3,(H,11,12). The molecular weight excluding hydrogens is 154 g/mol. The Morgan fingerprint density at radius 1 is 1.42 bits per heavy atom. The highest BCUT2D eigenvalue weighted by atomic mass is 16.4. The summed E-state index contributed by atoms with van der Waals surface area (Å²) >= 11 is 0. The van der Waals surface area contributed by atoms with E-state index < -0.39 is 5.97 Å². The molecule has 0 aliphatic carbocycles. The van der Waals surface area contributed by atoms with Crippen LogP contribution in [0.4, 0.5) is 0 Å². The van der Waals surface area contributed by atoms with E-state index in [1.165, 1.54) is 0 Å². The van der Waals surface area contributed by atoms with Crippen molar-refractivity contribution in [3.8, 4) is 0 Å². The number of aliphatic carboxylic acids is 1. The van der Waals surface area contributed by atoms with Crippen molar-refractivity contribution < 1.29 is 9.90 Å². The van der Waals surface area contributed by atoms with Crippen LogP contribution in [0, 0.1) is 5.92 Å². The van der Waals surface area contributed by atoms with Gasteiger partial charge in [-0.25, -0.2) is 0 Å². The lowest BCUT2D eigenvalue weighted by Gasteiger charge is -2.22. The molecule has 3 nitrogen and oxygen atoms in total. The van der Waals surface area contributed by atoms with Crippen molar-refractivity contribution in [1.29, 1.82) is 0 Å². The molecule has 12 heavy (non-hydrogen) atoms. The van der Waals surface area contributed by atoms with Crippen molar-refractivity contribution in [3.63, 3.8) is 0 Å². The van der Waals surface area contributed by atoms with Crippen molar-refractivity contribution >= 4 is 5.97 Å². The summed E-state index contributed by atoms with van der Waals surface area (Å²) in [5.74, 6) is -0.243. The van der Waals surface area contributed by atoms with Gasteiger partial charge in [-0.3, -0.25) is 4.79 Å². The van der Waals surface area contributed by atoms with E-state index in [-0.39, 0.29) is 12.5 Å². The van der Waals surface area contributed by atoms with Crippen LogP contribution in [0.3, 0.4) is 0 Å². The van der Waals surface area contributed by atoms with Crippen molar-refractivity contribution in [3.05, 3.63) is 0 Å². The molecule has 0 aliphatic heterocycles. The summed E-state index contributed by atoms with van der Waals surface area (Å²) < 4.78 is 0. The van der Waals surface area contributed by atoms with Gasteiger partial charge in [0.05, 0.1) is 6.42 Å². The molecule has 0 radical (unpaired) electrons. The Bertz CT molecular complexity index is 132. The fourth-order valence-corrected chi connectivity index (χ4v) is 1.55. The van der Waals surface area contributed by atoms with Gasteiger partial charge in [-0.2, -0.15) is 0 Å². The van der Waals surface area contributed by atoms with E-state index in [0.29, 0.717) is 5.92 Å². The summed E-state index contributed by atoms with van der Waals surface area (Å²) in [4.78, 5) is 10.5. The van der Waals surface area contributed by atoms with Crippen LogP contribution in [-0.4, -0.2) is 24.2 Å². The van der Waals surface area contributed by atoms with Gasteiger partial charge in [-0.05, 0) is 13.0 Å². The minimum Gasteiger partial charge on any atom is -0.481 e. The van der Waals surface area contributed by atoms with E-state index in [0.717, 1.165) is 12.8 Å². The molecule has 0 aromatic rings. The molecule has 0 aliphatic rings. The van der Waals surface area contributed by atoms with E-state index in [2.05, 4.69) is 19.2 Å². The number of rotatable bonds is 6. The van der Waals surface area contributed by atoms with Gasteiger partial charge in [-0.1, -0.05) is 26.7 Å². The lowest BCUT2D eigenvalue weighted by molar-refractivity contribution is -0.137. The predicted molar refractivity (Wildman–Crippen MR) is 49.2 cm³/mol. The molecular formula is C9H19NO2. The second-order valence-corrected chi connectivity index (χ2v) is 3.07. The summed E-state index contributed by atoms with van der Waals surface area (Å²) in [6.07, 6.45) is 2.30. The quantitative estimate of drug-likeness (QED) is 0.639. The molecule has 72 valence electrons. The van der Waals surface area contributed by atoms with E-state index in [4.69, 9.17) is 5.11 Å². The number of hydrogen-bond donors (Lipinski definition) is 2. The van der Waals surface area contributed by atoms with Gasteiger partial charge in [0.25, 0.3) is 0 Å². The number of hydrogen-bond acceptors (Lipinski definition) is 2. The summed E-state index contributed by atoms with van der Waals surface area (Å²) in [5, 5.41) is 11.7. The first-order chi connectivity index (χ1) is 5.65. The topological polar surface area (TPSA) is 49.3 Å². The Balaban J connectivity index is 4.01. The van der Waals surface area contributed by atoms with Crippen LogP contribution in [0.1, 0.15) is 33.1 Å². The average Bonchev–Trinajstić information content (AvgIpc) is 2.04. The van der Waals surface area contributed by atoms with E-state index in [9.17, 15) is 4.79 Å². The highest BCUT2D eigenvalue weighted by Gasteiger charge is 2.18. The Kier molecular flexibility index (Phi) is 5.72.